The standard InChI is InChI=1S/C9H10IN/c1-2-8-4-3-5-9(6-8)7-11-10/h2-6,11H,1,7H2. The molecule has 0 heterocycles. The zero-order valence-electron chi connectivity index (χ0n) is 6.18. The first-order chi connectivity index (χ1) is 5.36. The number of nitrogens with one attached hydrogen (secondary N) is 1. The van der Waals surface area contributed by atoms with Gasteiger partial charge in [0.1, 0.15) is 0 Å². The van der Waals surface area contributed by atoms with Gasteiger partial charge in [0, 0.05) is 29.4 Å². The van der Waals surface area contributed by atoms with E-state index in [0.717, 1.165) is 6.54 Å². The van der Waals surface area contributed by atoms with E-state index in [0.29, 0.717) is 0 Å². The lowest BCUT2D eigenvalue weighted by molar-refractivity contribution is 1.01. The minimum Gasteiger partial charge on any atom is -0.257 e. The Hall–Kier alpha value is -0.350. The third kappa shape index (κ3) is 2.63. The summed E-state index contributed by atoms with van der Waals surface area (Å²) in [6, 6.07) is 8.31. The molecule has 0 aromatic heterocycles. The molecular weight excluding hydrogens is 249 g/mol. The summed E-state index contributed by atoms with van der Waals surface area (Å²) in [6.45, 7) is 4.61. The zero-order valence-corrected chi connectivity index (χ0v) is 8.34. The lowest BCUT2D eigenvalue weighted by Crippen LogP contribution is -1.96. The lowest BCUT2D eigenvalue weighted by Gasteiger charge is -1.99. The number of halogens is 1. The Morgan fingerprint density at radius 1 is 1.55 bits per heavy atom. The van der Waals surface area contributed by atoms with Crippen molar-refractivity contribution >= 4 is 28.9 Å². The Morgan fingerprint density at radius 3 is 3.00 bits per heavy atom. The molecule has 0 saturated heterocycles. The van der Waals surface area contributed by atoms with Crippen LogP contribution < -0.4 is 3.53 Å². The molecule has 0 aliphatic rings. The summed E-state index contributed by atoms with van der Waals surface area (Å²) in [4.78, 5) is 0. The van der Waals surface area contributed by atoms with Gasteiger partial charge in [-0.05, 0) is 11.1 Å². The first-order valence-electron chi connectivity index (χ1n) is 3.41. The molecule has 1 nitrogen and oxygen atoms in total. The Labute approximate surface area is 81.0 Å². The minimum absolute atomic E-state index is 0.905. The Balaban J connectivity index is 2.82. The van der Waals surface area contributed by atoms with Gasteiger partial charge >= 0.3 is 0 Å². The highest BCUT2D eigenvalue weighted by atomic mass is 127. The molecule has 0 spiro atoms. The summed E-state index contributed by atoms with van der Waals surface area (Å²) in [5, 5.41) is 0. The van der Waals surface area contributed by atoms with Crippen LogP contribution in [0.3, 0.4) is 0 Å². The van der Waals surface area contributed by atoms with E-state index in [4.69, 9.17) is 0 Å². The van der Waals surface area contributed by atoms with Crippen molar-refractivity contribution in [3.8, 4) is 0 Å². The van der Waals surface area contributed by atoms with Crippen molar-refractivity contribution in [2.45, 2.75) is 6.54 Å². The third-order valence-corrected chi connectivity index (χ3v) is 1.84. The highest BCUT2D eigenvalue weighted by Crippen LogP contribution is 2.06. The van der Waals surface area contributed by atoms with Gasteiger partial charge in [-0.15, -0.1) is 0 Å². The zero-order chi connectivity index (χ0) is 8.10. The number of rotatable bonds is 3. The molecule has 0 fully saturated rings. The predicted molar refractivity (Wildman–Crippen MR) is 57.4 cm³/mol. The van der Waals surface area contributed by atoms with Gasteiger partial charge in [0.15, 0.2) is 0 Å². The summed E-state index contributed by atoms with van der Waals surface area (Å²) < 4.78 is 3.07. The van der Waals surface area contributed by atoms with Crippen molar-refractivity contribution < 1.29 is 0 Å². The fourth-order valence-corrected chi connectivity index (χ4v) is 1.35. The van der Waals surface area contributed by atoms with E-state index in [2.05, 4.69) is 45.1 Å². The van der Waals surface area contributed by atoms with Gasteiger partial charge in [0.2, 0.25) is 0 Å². The van der Waals surface area contributed by atoms with Crippen molar-refractivity contribution in [1.82, 2.24) is 3.53 Å². The average Bonchev–Trinajstić information content (AvgIpc) is 2.06. The molecule has 0 amide bonds. The Kier molecular flexibility index (Phi) is 3.59. The molecule has 0 radical (unpaired) electrons. The molecule has 0 bridgehead atoms. The van der Waals surface area contributed by atoms with E-state index in [-0.39, 0.29) is 0 Å². The van der Waals surface area contributed by atoms with Crippen LogP contribution in [0.4, 0.5) is 0 Å². The molecular formula is C9H10IN. The maximum Gasteiger partial charge on any atom is 0.0301 e. The van der Waals surface area contributed by atoms with Gasteiger partial charge in [0.05, 0.1) is 0 Å². The lowest BCUT2D eigenvalue weighted by atomic mass is 10.1. The molecule has 2 heteroatoms. The molecule has 0 saturated carbocycles. The summed E-state index contributed by atoms with van der Waals surface area (Å²) in [5.74, 6) is 0. The Morgan fingerprint density at radius 2 is 2.36 bits per heavy atom. The van der Waals surface area contributed by atoms with Crippen molar-refractivity contribution in [3.05, 3.63) is 42.0 Å². The number of hydrogen-bond donors (Lipinski definition) is 1. The second-order valence-corrected chi connectivity index (χ2v) is 3.02. The molecule has 1 rings (SSSR count). The van der Waals surface area contributed by atoms with Crippen LogP contribution in [0.25, 0.3) is 6.08 Å². The maximum absolute atomic E-state index is 3.71. The van der Waals surface area contributed by atoms with E-state index in [1.165, 1.54) is 11.1 Å². The van der Waals surface area contributed by atoms with E-state index < -0.39 is 0 Å². The monoisotopic (exact) mass is 259 g/mol. The average molecular weight is 259 g/mol. The van der Waals surface area contributed by atoms with Crippen LogP contribution in [-0.2, 0) is 6.54 Å². The summed E-state index contributed by atoms with van der Waals surface area (Å²) >= 11 is 2.14. The van der Waals surface area contributed by atoms with Crippen molar-refractivity contribution in [3.63, 3.8) is 0 Å². The largest absolute Gasteiger partial charge is 0.257 e. The molecule has 0 unspecified atom stereocenters. The van der Waals surface area contributed by atoms with Gasteiger partial charge in [-0.1, -0.05) is 36.9 Å². The SMILES string of the molecule is C=Cc1cccc(CNI)c1. The Bertz CT molecular complexity index is 245. The van der Waals surface area contributed by atoms with Crippen molar-refractivity contribution in [1.29, 1.82) is 0 Å². The molecule has 0 aliphatic heterocycles. The van der Waals surface area contributed by atoms with Crippen molar-refractivity contribution in [2.75, 3.05) is 0 Å². The van der Waals surface area contributed by atoms with Gasteiger partial charge in [-0.2, -0.15) is 0 Å². The minimum atomic E-state index is 0.905. The second-order valence-electron chi connectivity index (χ2n) is 2.26. The quantitative estimate of drug-likeness (QED) is 0.650. The van der Waals surface area contributed by atoms with Crippen LogP contribution in [0.2, 0.25) is 0 Å². The normalized spacial score (nSPS) is 9.55. The van der Waals surface area contributed by atoms with Gasteiger partial charge in [0.25, 0.3) is 0 Å². The van der Waals surface area contributed by atoms with Crippen molar-refractivity contribution in [2.24, 2.45) is 0 Å². The van der Waals surface area contributed by atoms with E-state index in [9.17, 15) is 0 Å². The molecule has 1 N–H and O–H groups in total. The summed E-state index contributed by atoms with van der Waals surface area (Å²) in [6.07, 6.45) is 1.86. The highest BCUT2D eigenvalue weighted by molar-refractivity contribution is 14.1. The third-order valence-electron chi connectivity index (χ3n) is 1.46. The smallest absolute Gasteiger partial charge is 0.0301 e. The summed E-state index contributed by atoms with van der Waals surface area (Å²) in [5.41, 5.74) is 2.46. The topological polar surface area (TPSA) is 12.0 Å². The number of hydrogen-bond acceptors (Lipinski definition) is 1. The maximum atomic E-state index is 3.71. The van der Waals surface area contributed by atoms with Crippen LogP contribution in [-0.4, -0.2) is 0 Å². The molecule has 1 aromatic carbocycles. The molecule has 11 heavy (non-hydrogen) atoms. The van der Waals surface area contributed by atoms with Crippen LogP contribution in [0.15, 0.2) is 30.8 Å². The van der Waals surface area contributed by atoms with Gasteiger partial charge in [-0.25, -0.2) is 0 Å². The van der Waals surface area contributed by atoms with E-state index in [1.54, 1.807) is 0 Å². The molecule has 0 aliphatic carbocycles. The van der Waals surface area contributed by atoms with E-state index >= 15 is 0 Å². The molecule has 1 aromatic rings. The number of benzene rings is 1. The first-order valence-corrected chi connectivity index (χ1v) is 4.49. The van der Waals surface area contributed by atoms with Crippen LogP contribution in [0.5, 0.6) is 0 Å². The van der Waals surface area contributed by atoms with Crippen LogP contribution in [0, 0.1) is 0 Å². The van der Waals surface area contributed by atoms with Crippen LogP contribution >= 0.6 is 22.9 Å². The predicted octanol–water partition coefficient (Wildman–Crippen LogP) is 2.77. The van der Waals surface area contributed by atoms with Gasteiger partial charge in [-0.3, -0.25) is 3.53 Å². The first kappa shape index (κ1) is 8.74. The van der Waals surface area contributed by atoms with Gasteiger partial charge < -0.3 is 0 Å². The van der Waals surface area contributed by atoms with Crippen LogP contribution in [0.1, 0.15) is 11.1 Å². The molecule has 58 valence electrons. The van der Waals surface area contributed by atoms with E-state index in [1.807, 2.05) is 18.2 Å². The molecule has 0 atom stereocenters. The fourth-order valence-electron chi connectivity index (χ4n) is 0.907. The second kappa shape index (κ2) is 4.51. The highest BCUT2D eigenvalue weighted by Gasteiger charge is 1.90. The fraction of sp³-hybridized carbons (Fsp3) is 0.111. The summed E-state index contributed by atoms with van der Waals surface area (Å²) in [7, 11) is 0.